The molecule has 1 aliphatic heterocycles. The van der Waals surface area contributed by atoms with E-state index in [0.717, 1.165) is 0 Å². The van der Waals surface area contributed by atoms with Gasteiger partial charge in [-0.05, 0) is 43.3 Å². The molecule has 1 aliphatic rings. The first kappa shape index (κ1) is 17.3. The molecule has 0 saturated heterocycles. The maximum absolute atomic E-state index is 12.3. The summed E-state index contributed by atoms with van der Waals surface area (Å²) in [5.74, 6) is -1.45. The third kappa shape index (κ3) is 4.54. The molecule has 0 aromatic heterocycles. The highest BCUT2D eigenvalue weighted by atomic mass is 32.2. The number of hydrogen-bond donors (Lipinski definition) is 2. The molecule has 8 heteroatoms. The highest BCUT2D eigenvalue weighted by Crippen LogP contribution is 2.34. The number of benzene rings is 2. The minimum atomic E-state index is -2.45. The molecule has 1 heterocycles. The van der Waals surface area contributed by atoms with E-state index in [1.165, 1.54) is 0 Å². The topological polar surface area (TPSA) is 59.6 Å². The number of carbonyl (C=O) groups excluding carboxylic acids is 1. The normalized spacial score (nSPS) is 13.6. The molecular formula is C17H16F2N2O3S. The summed E-state index contributed by atoms with van der Waals surface area (Å²) in [6.07, 6.45) is 0. The number of carbonyl (C=O) groups is 1. The van der Waals surface area contributed by atoms with Crippen molar-refractivity contribution in [3.63, 3.8) is 0 Å². The lowest BCUT2D eigenvalue weighted by molar-refractivity contribution is -0.116. The Bertz CT molecular complexity index is 756. The van der Waals surface area contributed by atoms with Crippen LogP contribution in [0.3, 0.4) is 0 Å². The van der Waals surface area contributed by atoms with Crippen molar-refractivity contribution in [3.05, 3.63) is 42.5 Å². The number of anilines is 2. The van der Waals surface area contributed by atoms with Gasteiger partial charge in [0.05, 0.1) is 0 Å². The molecule has 1 atom stereocenters. The molecule has 5 nitrogen and oxygen atoms in total. The fourth-order valence-electron chi connectivity index (χ4n) is 2.27. The Balaban J connectivity index is 1.57. The zero-order valence-corrected chi connectivity index (χ0v) is 14.1. The van der Waals surface area contributed by atoms with Gasteiger partial charge in [-0.1, -0.05) is 11.8 Å². The van der Waals surface area contributed by atoms with Crippen LogP contribution >= 0.6 is 11.8 Å². The molecule has 25 heavy (non-hydrogen) atoms. The van der Waals surface area contributed by atoms with E-state index in [1.54, 1.807) is 49.4 Å². The van der Waals surface area contributed by atoms with E-state index in [1.807, 2.05) is 0 Å². The van der Waals surface area contributed by atoms with Gasteiger partial charge in [0.25, 0.3) is 5.76 Å². The van der Waals surface area contributed by atoms with Crippen LogP contribution in [0.1, 0.15) is 6.92 Å². The van der Waals surface area contributed by atoms with E-state index in [2.05, 4.69) is 10.6 Å². The molecule has 0 fully saturated rings. The number of alkyl halides is 2. The van der Waals surface area contributed by atoms with Gasteiger partial charge in [0.1, 0.15) is 6.04 Å². The van der Waals surface area contributed by atoms with Gasteiger partial charge in [0, 0.05) is 22.3 Å². The second kappa shape index (κ2) is 7.60. The summed E-state index contributed by atoms with van der Waals surface area (Å²) >= 11 is 0.481. The molecule has 2 aromatic rings. The van der Waals surface area contributed by atoms with Crippen molar-refractivity contribution in [2.45, 2.75) is 23.6 Å². The fourth-order valence-corrected chi connectivity index (χ4v) is 2.77. The predicted octanol–water partition coefficient (Wildman–Crippen LogP) is 4.17. The Morgan fingerprint density at radius 3 is 2.48 bits per heavy atom. The maximum Gasteiger partial charge on any atom is 0.288 e. The Labute approximate surface area is 147 Å². The molecule has 0 bridgehead atoms. The Morgan fingerprint density at radius 1 is 1.08 bits per heavy atom. The van der Waals surface area contributed by atoms with Gasteiger partial charge in [-0.15, -0.1) is 0 Å². The summed E-state index contributed by atoms with van der Waals surface area (Å²) in [4.78, 5) is 12.8. The standard InChI is InChI=1S/C17H16F2N2O3S/c1-10(20-11-2-5-13(6-3-11)25-17(18)19)16(22)21-12-4-7-14-15(8-12)24-9-23-14/h2-8,10,17,20H,9H2,1H3,(H,21,22)/t10-/m0/s1. The number of fused-ring (bicyclic) bond motifs is 1. The van der Waals surface area contributed by atoms with Gasteiger partial charge in [-0.2, -0.15) is 8.78 Å². The molecule has 0 aliphatic carbocycles. The van der Waals surface area contributed by atoms with Gasteiger partial charge in [0.2, 0.25) is 12.7 Å². The highest BCUT2D eigenvalue weighted by molar-refractivity contribution is 7.99. The van der Waals surface area contributed by atoms with Crippen molar-refractivity contribution in [3.8, 4) is 11.5 Å². The van der Waals surface area contributed by atoms with E-state index >= 15 is 0 Å². The number of ether oxygens (including phenoxy) is 2. The minimum absolute atomic E-state index is 0.171. The molecule has 2 aromatic carbocycles. The molecule has 0 spiro atoms. The van der Waals surface area contributed by atoms with Crippen LogP contribution in [0.2, 0.25) is 0 Å². The average Bonchev–Trinajstić information content (AvgIpc) is 3.03. The summed E-state index contributed by atoms with van der Waals surface area (Å²) in [5.41, 5.74) is 1.28. The van der Waals surface area contributed by atoms with E-state index in [9.17, 15) is 13.6 Å². The minimum Gasteiger partial charge on any atom is -0.454 e. The third-order valence-corrected chi connectivity index (χ3v) is 4.22. The largest absolute Gasteiger partial charge is 0.454 e. The number of amides is 1. The highest BCUT2D eigenvalue weighted by Gasteiger charge is 2.17. The lowest BCUT2D eigenvalue weighted by atomic mass is 10.2. The van der Waals surface area contributed by atoms with Crippen molar-refractivity contribution in [2.24, 2.45) is 0 Å². The predicted molar refractivity (Wildman–Crippen MR) is 92.6 cm³/mol. The third-order valence-electron chi connectivity index (χ3n) is 3.50. The Hall–Kier alpha value is -2.48. The quantitative estimate of drug-likeness (QED) is 0.752. The number of halogens is 2. The lowest BCUT2D eigenvalue weighted by Crippen LogP contribution is -2.31. The van der Waals surface area contributed by atoms with Crippen LogP contribution in [0.5, 0.6) is 11.5 Å². The molecule has 1 amide bonds. The van der Waals surface area contributed by atoms with E-state index < -0.39 is 11.8 Å². The summed E-state index contributed by atoms with van der Waals surface area (Å²) in [6.45, 7) is 1.88. The van der Waals surface area contributed by atoms with Crippen LogP contribution in [0.4, 0.5) is 20.2 Å². The van der Waals surface area contributed by atoms with Gasteiger partial charge in [0.15, 0.2) is 11.5 Å². The van der Waals surface area contributed by atoms with Gasteiger partial charge in [-0.3, -0.25) is 4.79 Å². The first-order valence-corrected chi connectivity index (χ1v) is 8.41. The van der Waals surface area contributed by atoms with Crippen molar-refractivity contribution in [2.75, 3.05) is 17.4 Å². The van der Waals surface area contributed by atoms with E-state index in [4.69, 9.17) is 9.47 Å². The summed E-state index contributed by atoms with van der Waals surface area (Å²) < 4.78 is 35.1. The number of hydrogen-bond acceptors (Lipinski definition) is 5. The Morgan fingerprint density at radius 2 is 1.76 bits per heavy atom. The van der Waals surface area contributed by atoms with Crippen LogP contribution in [0.25, 0.3) is 0 Å². The van der Waals surface area contributed by atoms with E-state index in [-0.39, 0.29) is 12.7 Å². The maximum atomic E-state index is 12.3. The van der Waals surface area contributed by atoms with Crippen LogP contribution in [0, 0.1) is 0 Å². The molecule has 3 rings (SSSR count). The zero-order chi connectivity index (χ0) is 17.8. The number of rotatable bonds is 6. The van der Waals surface area contributed by atoms with Gasteiger partial charge >= 0.3 is 0 Å². The SMILES string of the molecule is C[C@H](Nc1ccc(SC(F)F)cc1)C(=O)Nc1ccc2c(c1)OCO2. The van der Waals surface area contributed by atoms with Crippen molar-refractivity contribution < 1.29 is 23.0 Å². The lowest BCUT2D eigenvalue weighted by Gasteiger charge is -2.16. The summed E-state index contributed by atoms with van der Waals surface area (Å²) in [7, 11) is 0. The van der Waals surface area contributed by atoms with Crippen LogP contribution < -0.4 is 20.1 Å². The van der Waals surface area contributed by atoms with Crippen molar-refractivity contribution in [1.29, 1.82) is 0 Å². The second-order valence-corrected chi connectivity index (χ2v) is 6.39. The Kier molecular flexibility index (Phi) is 5.28. The van der Waals surface area contributed by atoms with Crippen LogP contribution in [-0.4, -0.2) is 24.5 Å². The molecule has 0 unspecified atom stereocenters. The first-order valence-electron chi connectivity index (χ1n) is 7.53. The van der Waals surface area contributed by atoms with Crippen molar-refractivity contribution in [1.82, 2.24) is 0 Å². The average molecular weight is 366 g/mol. The van der Waals surface area contributed by atoms with Crippen LogP contribution in [0.15, 0.2) is 47.4 Å². The smallest absolute Gasteiger partial charge is 0.288 e. The molecule has 132 valence electrons. The first-order chi connectivity index (χ1) is 12.0. The number of thioether (sulfide) groups is 1. The number of nitrogens with one attached hydrogen (secondary N) is 2. The fraction of sp³-hybridized carbons (Fsp3) is 0.235. The van der Waals surface area contributed by atoms with Gasteiger partial charge < -0.3 is 20.1 Å². The summed E-state index contributed by atoms with van der Waals surface area (Å²) in [6, 6.07) is 11.1. The molecular weight excluding hydrogens is 350 g/mol. The zero-order valence-electron chi connectivity index (χ0n) is 13.3. The molecule has 2 N–H and O–H groups in total. The van der Waals surface area contributed by atoms with Crippen LogP contribution in [-0.2, 0) is 4.79 Å². The molecule has 0 saturated carbocycles. The van der Waals surface area contributed by atoms with Gasteiger partial charge in [-0.25, -0.2) is 0 Å². The van der Waals surface area contributed by atoms with E-state index in [0.29, 0.717) is 39.5 Å². The monoisotopic (exact) mass is 366 g/mol. The summed E-state index contributed by atoms with van der Waals surface area (Å²) in [5, 5.41) is 5.82. The van der Waals surface area contributed by atoms with Crippen molar-refractivity contribution >= 4 is 29.0 Å². The second-order valence-electron chi connectivity index (χ2n) is 5.33. The molecule has 0 radical (unpaired) electrons.